The number of phosphoric acid groups is 1. The van der Waals surface area contributed by atoms with Gasteiger partial charge in [-0.3, -0.25) is 13.8 Å². The molecule has 0 saturated heterocycles. The molecule has 0 rings (SSSR count). The van der Waals surface area contributed by atoms with E-state index in [1.165, 1.54) is 64.7 Å². The van der Waals surface area contributed by atoms with Crippen LogP contribution in [-0.4, -0.2) is 74.9 Å². The lowest BCUT2D eigenvalue weighted by molar-refractivity contribution is -0.870. The molecular formula is C27H53NO8P+. The van der Waals surface area contributed by atoms with Crippen molar-refractivity contribution in [1.82, 2.24) is 0 Å². The predicted octanol–water partition coefficient (Wildman–Crippen LogP) is 5.95. The van der Waals surface area contributed by atoms with Gasteiger partial charge < -0.3 is 18.9 Å². The molecular weight excluding hydrogens is 497 g/mol. The third-order valence-corrected chi connectivity index (χ3v) is 6.79. The van der Waals surface area contributed by atoms with Crippen molar-refractivity contribution in [3.8, 4) is 0 Å². The number of nitrogens with zero attached hydrogens (tertiary/aromatic N) is 1. The lowest BCUT2D eigenvalue weighted by Gasteiger charge is -2.25. The molecule has 0 aliphatic heterocycles. The Kier molecular flexibility index (Phi) is 20.0. The van der Waals surface area contributed by atoms with Gasteiger partial charge in [-0.05, 0) is 13.3 Å². The Balaban J connectivity index is 4.29. The Morgan fingerprint density at radius 3 is 1.84 bits per heavy atom. The van der Waals surface area contributed by atoms with E-state index in [4.69, 9.17) is 18.5 Å². The zero-order valence-electron chi connectivity index (χ0n) is 24.0. The summed E-state index contributed by atoms with van der Waals surface area (Å²) in [6, 6.07) is 0. The van der Waals surface area contributed by atoms with Gasteiger partial charge in [-0.15, -0.1) is 0 Å². The Hall–Kier alpha value is -1.25. The molecule has 0 amide bonds. The number of quaternary nitrogens is 1. The molecule has 2 unspecified atom stereocenters. The van der Waals surface area contributed by atoms with Crippen molar-refractivity contribution in [1.29, 1.82) is 0 Å². The fourth-order valence-electron chi connectivity index (χ4n) is 3.42. The van der Waals surface area contributed by atoms with Gasteiger partial charge in [0.2, 0.25) is 0 Å². The molecule has 1 N–H and O–H groups in total. The standard InChI is InChI=1S/C27H52NO8P/c1-7-8-9-10-11-12-13-14-15-16-17-18-19-26(29)33-22-25(23-34-27(30)24(2)3)36-37(31,32)35-21-20-28(4,5)6/h25H,2,7-23H2,1,3-6H3/p+1. The second-order valence-electron chi connectivity index (χ2n) is 10.7. The first-order valence-corrected chi connectivity index (χ1v) is 15.3. The van der Waals surface area contributed by atoms with E-state index in [1.54, 1.807) is 0 Å². The first kappa shape index (κ1) is 35.8. The monoisotopic (exact) mass is 550 g/mol. The van der Waals surface area contributed by atoms with Crippen LogP contribution in [0.25, 0.3) is 0 Å². The summed E-state index contributed by atoms with van der Waals surface area (Å²) in [6.45, 7) is 6.99. The number of ether oxygens (including phenoxy) is 2. The Morgan fingerprint density at radius 1 is 0.865 bits per heavy atom. The molecule has 0 saturated carbocycles. The van der Waals surface area contributed by atoms with Gasteiger partial charge in [0.25, 0.3) is 0 Å². The van der Waals surface area contributed by atoms with Crippen molar-refractivity contribution < 1.29 is 42.1 Å². The number of carbonyl (C=O) groups is 2. The molecule has 37 heavy (non-hydrogen) atoms. The van der Waals surface area contributed by atoms with Crippen LogP contribution in [0.3, 0.4) is 0 Å². The van der Waals surface area contributed by atoms with E-state index in [2.05, 4.69) is 13.5 Å². The highest BCUT2D eigenvalue weighted by Crippen LogP contribution is 2.44. The fourth-order valence-corrected chi connectivity index (χ4v) is 4.29. The van der Waals surface area contributed by atoms with E-state index in [0.717, 1.165) is 19.3 Å². The maximum absolute atomic E-state index is 12.3. The summed E-state index contributed by atoms with van der Waals surface area (Å²) >= 11 is 0. The van der Waals surface area contributed by atoms with E-state index in [0.29, 0.717) is 11.0 Å². The lowest BCUT2D eigenvalue weighted by Crippen LogP contribution is -2.37. The van der Waals surface area contributed by atoms with E-state index in [9.17, 15) is 19.0 Å². The van der Waals surface area contributed by atoms with Crippen LogP contribution in [0.15, 0.2) is 12.2 Å². The van der Waals surface area contributed by atoms with Gasteiger partial charge in [-0.1, -0.05) is 84.1 Å². The second kappa shape index (κ2) is 20.7. The lowest BCUT2D eigenvalue weighted by atomic mass is 10.0. The third kappa shape index (κ3) is 23.6. The summed E-state index contributed by atoms with van der Waals surface area (Å²) in [5.74, 6) is -1.10. The highest BCUT2D eigenvalue weighted by atomic mass is 31.2. The predicted molar refractivity (Wildman–Crippen MR) is 146 cm³/mol. The van der Waals surface area contributed by atoms with Gasteiger partial charge in [0.05, 0.1) is 21.1 Å². The summed E-state index contributed by atoms with van der Waals surface area (Å²) in [6.07, 6.45) is 13.5. The first-order chi connectivity index (χ1) is 17.4. The zero-order valence-corrected chi connectivity index (χ0v) is 24.9. The number of hydrogen-bond donors (Lipinski definition) is 1. The normalized spacial score (nSPS) is 14.1. The molecule has 0 aliphatic carbocycles. The number of carbonyl (C=O) groups excluding carboxylic acids is 2. The van der Waals surface area contributed by atoms with E-state index in [1.807, 2.05) is 21.1 Å². The molecule has 0 bridgehead atoms. The number of unbranched alkanes of at least 4 members (excludes halogenated alkanes) is 11. The Morgan fingerprint density at radius 2 is 1.35 bits per heavy atom. The van der Waals surface area contributed by atoms with E-state index >= 15 is 0 Å². The van der Waals surface area contributed by atoms with Gasteiger partial charge in [0.15, 0.2) is 0 Å². The quantitative estimate of drug-likeness (QED) is 0.0517. The molecule has 0 aromatic carbocycles. The van der Waals surface area contributed by atoms with Crippen molar-refractivity contribution in [3.05, 3.63) is 12.2 Å². The van der Waals surface area contributed by atoms with Gasteiger partial charge in [-0.2, -0.15) is 0 Å². The topological polar surface area (TPSA) is 108 Å². The SMILES string of the molecule is C=C(C)C(=O)OCC(COC(=O)CCCCCCCCCCCCCC)OP(=O)(O)OCC[N+](C)(C)C. The molecule has 0 aromatic rings. The van der Waals surface area contributed by atoms with Gasteiger partial charge in [0.1, 0.15) is 32.5 Å². The van der Waals surface area contributed by atoms with Crippen LogP contribution >= 0.6 is 7.82 Å². The van der Waals surface area contributed by atoms with Crippen LogP contribution in [0.5, 0.6) is 0 Å². The van der Waals surface area contributed by atoms with Crippen LogP contribution in [0.1, 0.15) is 97.3 Å². The Bertz CT molecular complexity index is 692. The summed E-state index contributed by atoms with van der Waals surface area (Å²) in [4.78, 5) is 33.9. The molecule has 0 fully saturated rings. The van der Waals surface area contributed by atoms with E-state index in [-0.39, 0.29) is 31.8 Å². The molecule has 218 valence electrons. The number of likely N-dealkylation sites (N-methyl/N-ethyl adjacent to an activating group) is 1. The number of esters is 2. The summed E-state index contributed by atoms with van der Waals surface area (Å²) < 4.78 is 33.3. The molecule has 0 aromatic heterocycles. The Labute approximate surface area is 225 Å². The average Bonchev–Trinajstić information content (AvgIpc) is 2.80. The number of hydrogen-bond acceptors (Lipinski definition) is 7. The fraction of sp³-hybridized carbons (Fsp3) is 0.852. The highest BCUT2D eigenvalue weighted by molar-refractivity contribution is 7.47. The molecule has 0 radical (unpaired) electrons. The largest absolute Gasteiger partial charge is 0.472 e. The van der Waals surface area contributed by atoms with Gasteiger partial charge in [0, 0.05) is 12.0 Å². The zero-order chi connectivity index (χ0) is 28.2. The minimum absolute atomic E-state index is 0.00566. The van der Waals surface area contributed by atoms with Crippen LogP contribution in [0.2, 0.25) is 0 Å². The number of rotatable bonds is 24. The van der Waals surface area contributed by atoms with Crippen molar-refractivity contribution in [2.24, 2.45) is 0 Å². The molecule has 2 atom stereocenters. The number of phosphoric ester groups is 1. The molecule has 9 nitrogen and oxygen atoms in total. The maximum Gasteiger partial charge on any atom is 0.472 e. The van der Waals surface area contributed by atoms with Crippen molar-refractivity contribution in [3.63, 3.8) is 0 Å². The van der Waals surface area contributed by atoms with Gasteiger partial charge >= 0.3 is 19.8 Å². The molecule has 10 heteroatoms. The summed E-state index contributed by atoms with van der Waals surface area (Å²) in [5, 5.41) is 0. The first-order valence-electron chi connectivity index (χ1n) is 13.8. The molecule has 0 heterocycles. The molecule has 0 aliphatic rings. The van der Waals surface area contributed by atoms with Crippen molar-refractivity contribution in [2.75, 3.05) is 47.5 Å². The highest BCUT2D eigenvalue weighted by Gasteiger charge is 2.29. The van der Waals surface area contributed by atoms with Crippen LogP contribution in [0, 0.1) is 0 Å². The third-order valence-electron chi connectivity index (χ3n) is 5.71. The van der Waals surface area contributed by atoms with Crippen molar-refractivity contribution >= 4 is 19.8 Å². The minimum Gasteiger partial charge on any atom is -0.463 e. The van der Waals surface area contributed by atoms with E-state index < -0.39 is 25.9 Å². The minimum atomic E-state index is -4.44. The smallest absolute Gasteiger partial charge is 0.463 e. The summed E-state index contributed by atoms with van der Waals surface area (Å²) in [5.41, 5.74) is 0.175. The van der Waals surface area contributed by atoms with Crippen LogP contribution in [-0.2, 0) is 32.7 Å². The maximum atomic E-state index is 12.3. The average molecular weight is 551 g/mol. The van der Waals surface area contributed by atoms with Crippen LogP contribution < -0.4 is 0 Å². The van der Waals surface area contributed by atoms with Crippen molar-refractivity contribution in [2.45, 2.75) is 103 Å². The van der Waals surface area contributed by atoms with Gasteiger partial charge in [-0.25, -0.2) is 9.36 Å². The molecule has 0 spiro atoms. The summed E-state index contributed by atoms with van der Waals surface area (Å²) in [7, 11) is 1.31. The van der Waals surface area contributed by atoms with Crippen LogP contribution in [0.4, 0.5) is 0 Å². The second-order valence-corrected chi connectivity index (χ2v) is 12.2.